The van der Waals surface area contributed by atoms with Gasteiger partial charge in [-0.3, -0.25) is 4.79 Å². The molecule has 0 amide bonds. The van der Waals surface area contributed by atoms with Crippen molar-refractivity contribution >= 4 is 5.78 Å². The van der Waals surface area contributed by atoms with E-state index in [-0.39, 0.29) is 0 Å². The number of carbonyl (C=O) groups is 1. The first-order valence-electron chi connectivity index (χ1n) is 6.32. The summed E-state index contributed by atoms with van der Waals surface area (Å²) >= 11 is 0. The van der Waals surface area contributed by atoms with Gasteiger partial charge in [-0.15, -0.1) is 0 Å². The molecule has 0 aromatic carbocycles. The summed E-state index contributed by atoms with van der Waals surface area (Å²) in [6.07, 6.45) is 5.26. The van der Waals surface area contributed by atoms with E-state index in [2.05, 4.69) is 19.2 Å². The average molecular weight is 211 g/mol. The van der Waals surface area contributed by atoms with Crippen LogP contribution in [0.25, 0.3) is 0 Å². The van der Waals surface area contributed by atoms with Crippen LogP contribution in [0.4, 0.5) is 0 Å². The van der Waals surface area contributed by atoms with E-state index in [1.807, 2.05) is 7.05 Å². The molecule has 88 valence electrons. The Morgan fingerprint density at radius 2 is 2.00 bits per heavy atom. The molecule has 0 saturated heterocycles. The van der Waals surface area contributed by atoms with Crippen LogP contribution in [0.2, 0.25) is 0 Å². The topological polar surface area (TPSA) is 29.1 Å². The van der Waals surface area contributed by atoms with Gasteiger partial charge in [0, 0.05) is 12.3 Å². The van der Waals surface area contributed by atoms with Crippen molar-refractivity contribution in [3.8, 4) is 0 Å². The second-order valence-corrected chi connectivity index (χ2v) is 5.14. The van der Waals surface area contributed by atoms with Crippen LogP contribution >= 0.6 is 0 Å². The molecular weight excluding hydrogens is 186 g/mol. The van der Waals surface area contributed by atoms with E-state index in [1.54, 1.807) is 0 Å². The lowest BCUT2D eigenvalue weighted by Gasteiger charge is -2.31. The van der Waals surface area contributed by atoms with Gasteiger partial charge in [-0.1, -0.05) is 13.8 Å². The van der Waals surface area contributed by atoms with E-state index in [4.69, 9.17) is 0 Å². The molecule has 0 heterocycles. The molecule has 0 aliphatic heterocycles. The monoisotopic (exact) mass is 211 g/mol. The third kappa shape index (κ3) is 3.94. The fraction of sp³-hybridized carbons (Fsp3) is 0.923. The summed E-state index contributed by atoms with van der Waals surface area (Å²) in [5, 5.41) is 3.09. The highest BCUT2D eigenvalue weighted by Crippen LogP contribution is 2.34. The zero-order valence-corrected chi connectivity index (χ0v) is 10.4. The Morgan fingerprint density at radius 1 is 1.27 bits per heavy atom. The Morgan fingerprint density at radius 3 is 2.60 bits per heavy atom. The Kier molecular flexibility index (Phi) is 5.30. The SMILES string of the molecule is CNCCCC(=O)C1CCC(C)C(C)C1. The van der Waals surface area contributed by atoms with Crippen LogP contribution in [0.1, 0.15) is 46.0 Å². The number of ketones is 1. The van der Waals surface area contributed by atoms with Gasteiger partial charge in [-0.25, -0.2) is 0 Å². The zero-order chi connectivity index (χ0) is 11.3. The molecule has 1 saturated carbocycles. The van der Waals surface area contributed by atoms with Gasteiger partial charge in [-0.05, 0) is 51.1 Å². The fourth-order valence-electron chi connectivity index (χ4n) is 2.48. The third-order valence-corrected chi connectivity index (χ3v) is 3.90. The summed E-state index contributed by atoms with van der Waals surface area (Å²) in [5.74, 6) is 2.42. The van der Waals surface area contributed by atoms with Crippen molar-refractivity contribution in [1.29, 1.82) is 0 Å². The number of hydrogen-bond acceptors (Lipinski definition) is 2. The van der Waals surface area contributed by atoms with Crippen LogP contribution in [0, 0.1) is 17.8 Å². The van der Waals surface area contributed by atoms with Crippen LogP contribution in [-0.4, -0.2) is 19.4 Å². The van der Waals surface area contributed by atoms with Gasteiger partial charge >= 0.3 is 0 Å². The maximum atomic E-state index is 11.9. The molecular formula is C13H25NO. The van der Waals surface area contributed by atoms with E-state index in [0.29, 0.717) is 11.7 Å². The minimum atomic E-state index is 0.369. The minimum absolute atomic E-state index is 0.369. The maximum Gasteiger partial charge on any atom is 0.136 e. The molecule has 0 bridgehead atoms. The zero-order valence-electron chi connectivity index (χ0n) is 10.4. The highest BCUT2D eigenvalue weighted by atomic mass is 16.1. The second-order valence-electron chi connectivity index (χ2n) is 5.14. The van der Waals surface area contributed by atoms with Crippen molar-refractivity contribution in [3.63, 3.8) is 0 Å². The highest BCUT2D eigenvalue weighted by Gasteiger charge is 2.28. The molecule has 0 aromatic heterocycles. The average Bonchev–Trinajstić information content (AvgIpc) is 2.22. The molecule has 1 rings (SSSR count). The lowest BCUT2D eigenvalue weighted by Crippen LogP contribution is -2.26. The first kappa shape index (κ1) is 12.7. The number of rotatable bonds is 5. The lowest BCUT2D eigenvalue weighted by atomic mass is 9.74. The quantitative estimate of drug-likeness (QED) is 0.708. The van der Waals surface area contributed by atoms with Crippen LogP contribution in [0.3, 0.4) is 0 Å². The van der Waals surface area contributed by atoms with E-state index >= 15 is 0 Å². The number of Topliss-reactive ketones (excluding diaryl/α,β-unsaturated/α-hetero) is 1. The molecule has 0 radical (unpaired) electrons. The predicted octanol–water partition coefficient (Wildman–Crippen LogP) is 2.63. The summed E-state index contributed by atoms with van der Waals surface area (Å²) in [6, 6.07) is 0. The van der Waals surface area contributed by atoms with Crippen LogP contribution in [-0.2, 0) is 4.79 Å². The van der Waals surface area contributed by atoms with Crippen molar-refractivity contribution < 1.29 is 4.79 Å². The first-order chi connectivity index (χ1) is 7.15. The molecule has 0 aromatic rings. The van der Waals surface area contributed by atoms with Gasteiger partial charge in [-0.2, -0.15) is 0 Å². The molecule has 2 heteroatoms. The Labute approximate surface area is 93.8 Å². The van der Waals surface area contributed by atoms with Gasteiger partial charge in [0.25, 0.3) is 0 Å². The molecule has 15 heavy (non-hydrogen) atoms. The van der Waals surface area contributed by atoms with Crippen molar-refractivity contribution in [2.24, 2.45) is 17.8 Å². The van der Waals surface area contributed by atoms with E-state index in [0.717, 1.165) is 44.1 Å². The standard InChI is InChI=1S/C13H25NO/c1-10-6-7-12(9-11(10)2)13(15)5-4-8-14-3/h10-12,14H,4-9H2,1-3H3. The highest BCUT2D eigenvalue weighted by molar-refractivity contribution is 5.81. The van der Waals surface area contributed by atoms with Crippen molar-refractivity contribution in [2.45, 2.75) is 46.0 Å². The molecule has 1 aliphatic rings. The number of carbonyl (C=O) groups excluding carboxylic acids is 1. The summed E-state index contributed by atoms with van der Waals surface area (Å²) in [4.78, 5) is 11.9. The van der Waals surface area contributed by atoms with Gasteiger partial charge in [0.1, 0.15) is 5.78 Å². The second kappa shape index (κ2) is 6.26. The Hall–Kier alpha value is -0.370. The van der Waals surface area contributed by atoms with Gasteiger partial charge in [0.05, 0.1) is 0 Å². The number of hydrogen-bond donors (Lipinski definition) is 1. The molecule has 1 aliphatic carbocycles. The molecule has 0 spiro atoms. The van der Waals surface area contributed by atoms with Gasteiger partial charge in [0.2, 0.25) is 0 Å². The third-order valence-electron chi connectivity index (χ3n) is 3.90. The predicted molar refractivity (Wildman–Crippen MR) is 63.8 cm³/mol. The van der Waals surface area contributed by atoms with E-state index < -0.39 is 0 Å². The lowest BCUT2D eigenvalue weighted by molar-refractivity contribution is -0.124. The maximum absolute atomic E-state index is 11.9. The normalized spacial score (nSPS) is 31.5. The van der Waals surface area contributed by atoms with Gasteiger partial charge < -0.3 is 5.32 Å². The minimum Gasteiger partial charge on any atom is -0.320 e. The fourth-order valence-corrected chi connectivity index (χ4v) is 2.48. The van der Waals surface area contributed by atoms with Crippen LogP contribution in [0.5, 0.6) is 0 Å². The first-order valence-corrected chi connectivity index (χ1v) is 6.32. The number of nitrogens with one attached hydrogen (secondary N) is 1. The van der Waals surface area contributed by atoms with Crippen molar-refractivity contribution in [1.82, 2.24) is 5.32 Å². The Bertz CT molecular complexity index is 203. The summed E-state index contributed by atoms with van der Waals surface area (Å²) in [5.41, 5.74) is 0. The van der Waals surface area contributed by atoms with Crippen LogP contribution in [0.15, 0.2) is 0 Å². The molecule has 1 N–H and O–H groups in total. The summed E-state index contributed by atoms with van der Waals surface area (Å²) < 4.78 is 0. The molecule has 3 atom stereocenters. The molecule has 1 fully saturated rings. The van der Waals surface area contributed by atoms with Crippen molar-refractivity contribution in [2.75, 3.05) is 13.6 Å². The van der Waals surface area contributed by atoms with Gasteiger partial charge in [0.15, 0.2) is 0 Å². The van der Waals surface area contributed by atoms with E-state index in [9.17, 15) is 4.79 Å². The summed E-state index contributed by atoms with van der Waals surface area (Å²) in [7, 11) is 1.94. The molecule has 2 nitrogen and oxygen atoms in total. The largest absolute Gasteiger partial charge is 0.320 e. The molecule has 3 unspecified atom stereocenters. The Balaban J connectivity index is 2.28. The summed E-state index contributed by atoms with van der Waals surface area (Å²) in [6.45, 7) is 5.56. The van der Waals surface area contributed by atoms with Crippen LogP contribution < -0.4 is 5.32 Å². The van der Waals surface area contributed by atoms with Crippen molar-refractivity contribution in [3.05, 3.63) is 0 Å². The smallest absolute Gasteiger partial charge is 0.136 e. The van der Waals surface area contributed by atoms with E-state index in [1.165, 1.54) is 6.42 Å².